The summed E-state index contributed by atoms with van der Waals surface area (Å²) in [6.07, 6.45) is 5.59. The lowest BCUT2D eigenvalue weighted by molar-refractivity contribution is -0.129. The van der Waals surface area contributed by atoms with Gasteiger partial charge in [0.15, 0.2) is 0 Å². The van der Waals surface area contributed by atoms with Crippen molar-refractivity contribution in [3.05, 3.63) is 29.6 Å². The molecule has 1 atom stereocenters. The maximum atomic E-state index is 12.2. The second-order valence-electron chi connectivity index (χ2n) is 6.15. The Morgan fingerprint density at radius 3 is 3.09 bits per heavy atom. The van der Waals surface area contributed by atoms with Gasteiger partial charge in [-0.3, -0.25) is 9.48 Å². The third-order valence-corrected chi connectivity index (χ3v) is 4.11. The minimum Gasteiger partial charge on any atom is -0.340 e. The Labute approximate surface area is 135 Å². The number of fused-ring (bicyclic) bond motifs is 1. The van der Waals surface area contributed by atoms with Crippen LogP contribution in [0.25, 0.3) is 0 Å². The Kier molecular flexibility index (Phi) is 4.42. The van der Waals surface area contributed by atoms with Crippen molar-refractivity contribution in [2.45, 2.75) is 38.9 Å². The molecule has 23 heavy (non-hydrogen) atoms. The zero-order valence-electron chi connectivity index (χ0n) is 13.9. The van der Waals surface area contributed by atoms with Crippen LogP contribution in [0.3, 0.4) is 0 Å². The van der Waals surface area contributed by atoms with Crippen LogP contribution in [0, 0.1) is 6.92 Å². The molecule has 0 fully saturated rings. The van der Waals surface area contributed by atoms with Crippen molar-refractivity contribution in [3.63, 3.8) is 0 Å². The molecule has 0 radical (unpaired) electrons. The highest BCUT2D eigenvalue weighted by Gasteiger charge is 2.21. The van der Waals surface area contributed by atoms with Gasteiger partial charge in [0.05, 0.1) is 19.3 Å². The fraction of sp³-hybridized carbons (Fsp3) is 0.600. The van der Waals surface area contributed by atoms with Gasteiger partial charge < -0.3 is 10.2 Å². The molecule has 1 aliphatic rings. The van der Waals surface area contributed by atoms with E-state index in [1.54, 1.807) is 15.8 Å². The van der Waals surface area contributed by atoms with Gasteiger partial charge in [-0.15, -0.1) is 0 Å². The summed E-state index contributed by atoms with van der Waals surface area (Å²) in [5, 5.41) is 11.8. The van der Waals surface area contributed by atoms with Crippen LogP contribution in [0.5, 0.6) is 0 Å². The minimum absolute atomic E-state index is 0.0782. The maximum Gasteiger partial charge on any atom is 0.236 e. The van der Waals surface area contributed by atoms with Crippen LogP contribution in [0.4, 0.5) is 0 Å². The summed E-state index contributed by atoms with van der Waals surface area (Å²) in [6.45, 7) is 3.59. The summed E-state index contributed by atoms with van der Waals surface area (Å²) in [6, 6.07) is 0.263. The van der Waals surface area contributed by atoms with Crippen LogP contribution in [-0.4, -0.2) is 55.0 Å². The summed E-state index contributed by atoms with van der Waals surface area (Å²) in [7, 11) is 3.69. The molecule has 3 heterocycles. The normalized spacial score (nSPS) is 17.1. The van der Waals surface area contributed by atoms with E-state index in [2.05, 4.69) is 20.5 Å². The summed E-state index contributed by atoms with van der Waals surface area (Å²) in [5.41, 5.74) is 1.03. The molecule has 2 aromatic heterocycles. The Morgan fingerprint density at radius 2 is 2.35 bits per heavy atom. The molecule has 124 valence electrons. The molecule has 0 aromatic carbocycles. The Hall–Kier alpha value is -2.22. The van der Waals surface area contributed by atoms with E-state index < -0.39 is 0 Å². The van der Waals surface area contributed by atoms with Crippen molar-refractivity contribution < 1.29 is 4.79 Å². The van der Waals surface area contributed by atoms with Gasteiger partial charge in [-0.1, -0.05) is 0 Å². The summed E-state index contributed by atoms with van der Waals surface area (Å²) in [5.74, 6) is 1.93. The summed E-state index contributed by atoms with van der Waals surface area (Å²) >= 11 is 0. The molecule has 1 amide bonds. The molecular weight excluding hydrogens is 294 g/mol. The van der Waals surface area contributed by atoms with Gasteiger partial charge in [-0.2, -0.15) is 10.2 Å². The Morgan fingerprint density at radius 1 is 1.52 bits per heavy atom. The lowest BCUT2D eigenvalue weighted by Crippen LogP contribution is -2.43. The van der Waals surface area contributed by atoms with Crippen molar-refractivity contribution in [3.8, 4) is 0 Å². The zero-order valence-corrected chi connectivity index (χ0v) is 13.9. The van der Waals surface area contributed by atoms with E-state index in [1.807, 2.05) is 31.9 Å². The Bertz CT molecular complexity index is 690. The predicted octanol–water partition coefficient (Wildman–Crippen LogP) is -0.117. The molecule has 3 rings (SSSR count). The van der Waals surface area contributed by atoms with Crippen molar-refractivity contribution in [1.82, 2.24) is 34.8 Å². The van der Waals surface area contributed by atoms with Crippen LogP contribution in [0.15, 0.2) is 12.4 Å². The molecule has 1 aliphatic heterocycles. The second kappa shape index (κ2) is 6.49. The highest BCUT2D eigenvalue weighted by Crippen LogP contribution is 2.12. The first-order valence-corrected chi connectivity index (χ1v) is 7.86. The number of amides is 1. The summed E-state index contributed by atoms with van der Waals surface area (Å²) < 4.78 is 3.69. The minimum atomic E-state index is 0.0782. The van der Waals surface area contributed by atoms with E-state index in [0.29, 0.717) is 13.1 Å². The number of carbonyl (C=O) groups excluding carboxylic acids is 1. The Balaban J connectivity index is 1.47. The van der Waals surface area contributed by atoms with Gasteiger partial charge in [0.2, 0.25) is 5.91 Å². The molecule has 0 saturated heterocycles. The molecule has 0 bridgehead atoms. The van der Waals surface area contributed by atoms with Crippen molar-refractivity contribution >= 4 is 5.91 Å². The van der Waals surface area contributed by atoms with Crippen molar-refractivity contribution in [2.24, 2.45) is 7.05 Å². The lowest BCUT2D eigenvalue weighted by atomic mass is 10.1. The molecule has 0 spiro atoms. The van der Waals surface area contributed by atoms with E-state index in [4.69, 9.17) is 0 Å². The monoisotopic (exact) mass is 317 g/mol. The number of likely N-dealkylation sites (N-methyl/N-ethyl adjacent to an activating group) is 1. The van der Waals surface area contributed by atoms with Gasteiger partial charge in [-0.25, -0.2) is 9.67 Å². The average molecular weight is 317 g/mol. The average Bonchev–Trinajstić information content (AvgIpc) is 3.08. The van der Waals surface area contributed by atoms with Gasteiger partial charge in [0.25, 0.3) is 0 Å². The maximum absolute atomic E-state index is 12.2. The zero-order chi connectivity index (χ0) is 16.4. The third kappa shape index (κ3) is 3.76. The second-order valence-corrected chi connectivity index (χ2v) is 6.15. The topological polar surface area (TPSA) is 80.9 Å². The highest BCUT2D eigenvalue weighted by atomic mass is 16.2. The SMILES string of the molecule is Cc1nc2n(n1)CC(NCC(=O)N(C)Cc1cnn(C)c1)CC2. The van der Waals surface area contributed by atoms with Gasteiger partial charge >= 0.3 is 0 Å². The van der Waals surface area contributed by atoms with E-state index in [0.717, 1.165) is 36.6 Å². The molecule has 1 N–H and O–H groups in total. The smallest absolute Gasteiger partial charge is 0.236 e. The number of carbonyl (C=O) groups is 1. The van der Waals surface area contributed by atoms with Crippen LogP contribution in [0.1, 0.15) is 23.6 Å². The van der Waals surface area contributed by atoms with Crippen molar-refractivity contribution in [1.29, 1.82) is 0 Å². The standard InChI is InChI=1S/C15H23N7O/c1-11-18-14-5-4-13(10-22(14)19-11)16-7-15(23)20(2)8-12-6-17-21(3)9-12/h6,9,13,16H,4-5,7-8,10H2,1-3H3. The lowest BCUT2D eigenvalue weighted by Gasteiger charge is -2.24. The van der Waals surface area contributed by atoms with E-state index >= 15 is 0 Å². The van der Waals surface area contributed by atoms with Crippen LogP contribution in [0.2, 0.25) is 0 Å². The molecule has 8 nitrogen and oxygen atoms in total. The van der Waals surface area contributed by atoms with Gasteiger partial charge in [-0.05, 0) is 13.3 Å². The molecule has 8 heteroatoms. The van der Waals surface area contributed by atoms with E-state index in [9.17, 15) is 4.79 Å². The fourth-order valence-electron chi connectivity index (χ4n) is 2.88. The first kappa shape index (κ1) is 15.7. The first-order valence-electron chi connectivity index (χ1n) is 7.86. The third-order valence-electron chi connectivity index (χ3n) is 4.11. The first-order chi connectivity index (χ1) is 11.0. The van der Waals surface area contributed by atoms with Gasteiger partial charge in [0.1, 0.15) is 11.6 Å². The number of aromatic nitrogens is 5. The number of nitrogens with one attached hydrogen (secondary N) is 1. The number of nitrogens with zero attached hydrogens (tertiary/aromatic N) is 6. The van der Waals surface area contributed by atoms with Gasteiger partial charge in [0, 0.05) is 44.9 Å². The van der Waals surface area contributed by atoms with Crippen LogP contribution < -0.4 is 5.32 Å². The fourth-order valence-corrected chi connectivity index (χ4v) is 2.88. The predicted molar refractivity (Wildman–Crippen MR) is 84.6 cm³/mol. The largest absolute Gasteiger partial charge is 0.340 e. The quantitative estimate of drug-likeness (QED) is 0.832. The van der Waals surface area contributed by atoms with Crippen LogP contribution in [-0.2, 0) is 31.4 Å². The molecule has 0 aliphatic carbocycles. The van der Waals surface area contributed by atoms with Crippen LogP contribution >= 0.6 is 0 Å². The number of hydrogen-bond acceptors (Lipinski definition) is 5. The van der Waals surface area contributed by atoms with E-state index in [1.165, 1.54) is 0 Å². The van der Waals surface area contributed by atoms with E-state index in [-0.39, 0.29) is 11.9 Å². The number of hydrogen-bond donors (Lipinski definition) is 1. The number of rotatable bonds is 5. The summed E-state index contributed by atoms with van der Waals surface area (Å²) in [4.78, 5) is 18.4. The molecule has 2 aromatic rings. The molecule has 0 saturated carbocycles. The number of aryl methyl sites for hydroxylation is 3. The van der Waals surface area contributed by atoms with Crippen molar-refractivity contribution in [2.75, 3.05) is 13.6 Å². The molecule has 1 unspecified atom stereocenters. The molecular formula is C15H23N7O. The highest BCUT2D eigenvalue weighted by molar-refractivity contribution is 5.78.